The van der Waals surface area contributed by atoms with Crippen LogP contribution < -0.4 is 0 Å². The van der Waals surface area contributed by atoms with Crippen LogP contribution in [0.4, 0.5) is 0 Å². The van der Waals surface area contributed by atoms with E-state index >= 15 is 0 Å². The summed E-state index contributed by atoms with van der Waals surface area (Å²) in [6, 6.07) is 0. The van der Waals surface area contributed by atoms with E-state index in [9.17, 15) is 5.11 Å². The third-order valence-electron chi connectivity index (χ3n) is 1.89. The van der Waals surface area contributed by atoms with Gasteiger partial charge in [0, 0.05) is 6.42 Å². The lowest BCUT2D eigenvalue weighted by atomic mass is 9.97. The van der Waals surface area contributed by atoms with Crippen LogP contribution in [0.3, 0.4) is 0 Å². The van der Waals surface area contributed by atoms with Crippen molar-refractivity contribution in [2.24, 2.45) is 0 Å². The van der Waals surface area contributed by atoms with E-state index in [0.717, 1.165) is 0 Å². The van der Waals surface area contributed by atoms with Crippen molar-refractivity contribution < 1.29 is 20.1 Å². The van der Waals surface area contributed by atoms with Gasteiger partial charge in [-0.05, 0) is 0 Å². The van der Waals surface area contributed by atoms with Crippen LogP contribution in [0.25, 0.3) is 0 Å². The smallest absolute Gasteiger partial charge is 0.118 e. The van der Waals surface area contributed by atoms with Crippen molar-refractivity contribution >= 4 is 0 Å². The van der Waals surface area contributed by atoms with Crippen molar-refractivity contribution in [1.29, 1.82) is 0 Å². The SMILES string of the molecule is OCC1OCCC1(O)CO. The van der Waals surface area contributed by atoms with E-state index in [2.05, 4.69) is 0 Å². The fourth-order valence-electron chi connectivity index (χ4n) is 1.10. The zero-order chi connectivity index (χ0) is 7.61. The van der Waals surface area contributed by atoms with Crippen LogP contribution in [0.15, 0.2) is 0 Å². The Morgan fingerprint density at radius 2 is 2.20 bits per heavy atom. The van der Waals surface area contributed by atoms with Gasteiger partial charge in [-0.25, -0.2) is 0 Å². The summed E-state index contributed by atoms with van der Waals surface area (Å²) in [4.78, 5) is 0. The van der Waals surface area contributed by atoms with Crippen LogP contribution >= 0.6 is 0 Å². The maximum atomic E-state index is 9.42. The topological polar surface area (TPSA) is 69.9 Å². The van der Waals surface area contributed by atoms with Crippen molar-refractivity contribution in [2.75, 3.05) is 19.8 Å². The highest BCUT2D eigenvalue weighted by atomic mass is 16.5. The molecule has 0 aliphatic carbocycles. The monoisotopic (exact) mass is 148 g/mol. The number of aliphatic hydroxyl groups excluding tert-OH is 2. The molecule has 1 aliphatic rings. The Morgan fingerprint density at radius 1 is 1.50 bits per heavy atom. The lowest BCUT2D eigenvalue weighted by molar-refractivity contribution is -0.0875. The molecule has 2 atom stereocenters. The fraction of sp³-hybridized carbons (Fsp3) is 1.00. The van der Waals surface area contributed by atoms with Gasteiger partial charge in [0.25, 0.3) is 0 Å². The first-order valence-electron chi connectivity index (χ1n) is 3.28. The molecule has 0 aromatic heterocycles. The second-order valence-electron chi connectivity index (χ2n) is 2.55. The second-order valence-corrected chi connectivity index (χ2v) is 2.55. The molecule has 0 amide bonds. The summed E-state index contributed by atoms with van der Waals surface area (Å²) < 4.78 is 4.95. The highest BCUT2D eigenvalue weighted by molar-refractivity contribution is 4.91. The van der Waals surface area contributed by atoms with Crippen LogP contribution in [0.2, 0.25) is 0 Å². The molecule has 1 aliphatic heterocycles. The van der Waals surface area contributed by atoms with Gasteiger partial charge in [-0.15, -0.1) is 0 Å². The van der Waals surface area contributed by atoms with Gasteiger partial charge in [-0.3, -0.25) is 0 Å². The molecule has 1 saturated heterocycles. The number of aliphatic hydroxyl groups is 3. The molecule has 60 valence electrons. The molecule has 4 nitrogen and oxygen atoms in total. The average molecular weight is 148 g/mol. The zero-order valence-corrected chi connectivity index (χ0v) is 5.66. The summed E-state index contributed by atoms with van der Waals surface area (Å²) in [6.07, 6.45) is -0.216. The predicted octanol–water partition coefficient (Wildman–Crippen LogP) is -1.51. The van der Waals surface area contributed by atoms with Crippen molar-refractivity contribution in [2.45, 2.75) is 18.1 Å². The zero-order valence-electron chi connectivity index (χ0n) is 5.66. The predicted molar refractivity (Wildman–Crippen MR) is 33.5 cm³/mol. The van der Waals surface area contributed by atoms with Gasteiger partial charge in [0.15, 0.2) is 0 Å². The molecule has 0 aromatic carbocycles. The van der Waals surface area contributed by atoms with Gasteiger partial charge in [-0.1, -0.05) is 0 Å². The number of hydrogen-bond donors (Lipinski definition) is 3. The highest BCUT2D eigenvalue weighted by Gasteiger charge is 2.41. The molecule has 0 bridgehead atoms. The Kier molecular flexibility index (Phi) is 2.25. The van der Waals surface area contributed by atoms with E-state index in [0.29, 0.717) is 13.0 Å². The standard InChI is InChI=1S/C6H12O4/c7-3-5-6(9,4-8)1-2-10-5/h5,7-9H,1-4H2. The van der Waals surface area contributed by atoms with Crippen LogP contribution in [-0.4, -0.2) is 46.8 Å². The molecule has 0 spiro atoms. The summed E-state index contributed by atoms with van der Waals surface area (Å²) in [5.74, 6) is 0. The Labute approximate surface area is 59.1 Å². The van der Waals surface area contributed by atoms with Crippen LogP contribution in [0.5, 0.6) is 0 Å². The molecule has 2 unspecified atom stereocenters. The lowest BCUT2D eigenvalue weighted by Gasteiger charge is -2.24. The van der Waals surface area contributed by atoms with Gasteiger partial charge in [0.05, 0.1) is 19.8 Å². The normalized spacial score (nSPS) is 40.5. The Morgan fingerprint density at radius 3 is 2.60 bits per heavy atom. The molecule has 4 heteroatoms. The highest BCUT2D eigenvalue weighted by Crippen LogP contribution is 2.24. The third kappa shape index (κ3) is 1.15. The minimum Gasteiger partial charge on any atom is -0.394 e. The van der Waals surface area contributed by atoms with Crippen LogP contribution in [-0.2, 0) is 4.74 Å². The molecule has 1 fully saturated rings. The van der Waals surface area contributed by atoms with Crippen LogP contribution in [0, 0.1) is 0 Å². The van der Waals surface area contributed by atoms with Gasteiger partial charge in [0.2, 0.25) is 0 Å². The maximum absolute atomic E-state index is 9.42. The number of ether oxygens (including phenoxy) is 1. The first kappa shape index (κ1) is 7.94. The van der Waals surface area contributed by atoms with Crippen molar-refractivity contribution in [3.63, 3.8) is 0 Å². The van der Waals surface area contributed by atoms with Gasteiger partial charge >= 0.3 is 0 Å². The molecule has 1 heterocycles. The first-order valence-corrected chi connectivity index (χ1v) is 3.28. The number of hydrogen-bond acceptors (Lipinski definition) is 4. The van der Waals surface area contributed by atoms with Crippen LogP contribution in [0.1, 0.15) is 6.42 Å². The largest absolute Gasteiger partial charge is 0.394 e. The quantitative estimate of drug-likeness (QED) is 0.445. The van der Waals surface area contributed by atoms with E-state index in [4.69, 9.17) is 14.9 Å². The minimum atomic E-state index is -1.21. The van der Waals surface area contributed by atoms with E-state index < -0.39 is 11.7 Å². The third-order valence-corrected chi connectivity index (χ3v) is 1.89. The summed E-state index contributed by atoms with van der Waals surface area (Å²) >= 11 is 0. The Balaban J connectivity index is 2.56. The van der Waals surface area contributed by atoms with E-state index in [1.165, 1.54) is 0 Å². The van der Waals surface area contributed by atoms with Crippen molar-refractivity contribution in [3.05, 3.63) is 0 Å². The molecular formula is C6H12O4. The van der Waals surface area contributed by atoms with Crippen molar-refractivity contribution in [1.82, 2.24) is 0 Å². The maximum Gasteiger partial charge on any atom is 0.118 e. The summed E-state index contributed by atoms with van der Waals surface area (Å²) in [7, 11) is 0. The van der Waals surface area contributed by atoms with Gasteiger partial charge < -0.3 is 20.1 Å². The molecule has 0 aromatic rings. The molecule has 3 N–H and O–H groups in total. The first-order chi connectivity index (χ1) is 4.73. The molecule has 0 saturated carbocycles. The van der Waals surface area contributed by atoms with E-state index in [1.807, 2.05) is 0 Å². The fourth-order valence-corrected chi connectivity index (χ4v) is 1.10. The number of rotatable bonds is 2. The van der Waals surface area contributed by atoms with Crippen molar-refractivity contribution in [3.8, 4) is 0 Å². The van der Waals surface area contributed by atoms with Gasteiger partial charge in [0.1, 0.15) is 11.7 Å². The molecular weight excluding hydrogens is 136 g/mol. The Bertz CT molecular complexity index is 116. The summed E-state index contributed by atoms with van der Waals surface area (Å²) in [5, 5.41) is 26.7. The minimum absolute atomic E-state index is 0.239. The lowest BCUT2D eigenvalue weighted by Crippen LogP contribution is -2.43. The molecule has 10 heavy (non-hydrogen) atoms. The van der Waals surface area contributed by atoms with E-state index in [1.54, 1.807) is 0 Å². The van der Waals surface area contributed by atoms with Gasteiger partial charge in [-0.2, -0.15) is 0 Å². The Hall–Kier alpha value is -0.160. The summed E-state index contributed by atoms with van der Waals surface area (Å²) in [6.45, 7) is -0.183. The second kappa shape index (κ2) is 2.84. The van der Waals surface area contributed by atoms with E-state index in [-0.39, 0.29) is 13.2 Å². The summed E-state index contributed by atoms with van der Waals surface area (Å²) in [5.41, 5.74) is -1.21. The average Bonchev–Trinajstić information content (AvgIpc) is 2.32. The molecule has 0 radical (unpaired) electrons. The molecule has 1 rings (SSSR count).